The van der Waals surface area contributed by atoms with Crippen LogP contribution in [0.2, 0.25) is 0 Å². The van der Waals surface area contributed by atoms with Crippen LogP contribution in [0.15, 0.2) is 0 Å². The SMILES string of the molecule is CCN(C)C(=O)C1(C)CC1(Cl)Cl. The van der Waals surface area contributed by atoms with E-state index in [1.165, 1.54) is 0 Å². The van der Waals surface area contributed by atoms with E-state index in [1.54, 1.807) is 11.9 Å². The van der Waals surface area contributed by atoms with Gasteiger partial charge in [-0.15, -0.1) is 23.2 Å². The van der Waals surface area contributed by atoms with Gasteiger partial charge >= 0.3 is 0 Å². The highest BCUT2D eigenvalue weighted by Crippen LogP contribution is 2.64. The van der Waals surface area contributed by atoms with E-state index in [0.717, 1.165) is 0 Å². The van der Waals surface area contributed by atoms with Gasteiger partial charge in [0.15, 0.2) is 0 Å². The molecule has 0 aromatic heterocycles. The molecular formula is C8H13Cl2NO. The average molecular weight is 210 g/mol. The summed E-state index contributed by atoms with van der Waals surface area (Å²) in [5, 5.41) is 0. The normalized spacial score (nSPS) is 31.4. The van der Waals surface area contributed by atoms with Crippen molar-refractivity contribution in [2.45, 2.75) is 24.6 Å². The third kappa shape index (κ3) is 1.31. The zero-order valence-corrected chi connectivity index (χ0v) is 9.04. The molecule has 0 N–H and O–H groups in total. The monoisotopic (exact) mass is 209 g/mol. The number of carbonyl (C=O) groups excluding carboxylic acids is 1. The quantitative estimate of drug-likeness (QED) is 0.638. The maximum Gasteiger partial charge on any atom is 0.231 e. The molecule has 1 saturated carbocycles. The molecule has 0 spiro atoms. The molecule has 1 fully saturated rings. The number of rotatable bonds is 2. The number of halogens is 2. The van der Waals surface area contributed by atoms with Gasteiger partial charge in [-0.2, -0.15) is 0 Å². The molecule has 2 nitrogen and oxygen atoms in total. The fourth-order valence-corrected chi connectivity index (χ4v) is 1.89. The van der Waals surface area contributed by atoms with Crippen molar-refractivity contribution < 1.29 is 4.79 Å². The summed E-state index contributed by atoms with van der Waals surface area (Å²) in [7, 11) is 1.76. The van der Waals surface area contributed by atoms with Crippen LogP contribution in [-0.4, -0.2) is 28.7 Å². The molecular weight excluding hydrogens is 197 g/mol. The Balaban J connectivity index is 2.68. The molecule has 12 heavy (non-hydrogen) atoms. The van der Waals surface area contributed by atoms with E-state index >= 15 is 0 Å². The standard InChI is InChI=1S/C8H13Cl2NO/c1-4-11(3)6(12)7(2)5-8(7,9)10/h4-5H2,1-3H3. The molecule has 0 aliphatic heterocycles. The van der Waals surface area contributed by atoms with Crippen LogP contribution >= 0.6 is 23.2 Å². The van der Waals surface area contributed by atoms with E-state index in [0.29, 0.717) is 13.0 Å². The summed E-state index contributed by atoms with van der Waals surface area (Å²) in [6.45, 7) is 4.42. The number of hydrogen-bond acceptors (Lipinski definition) is 1. The van der Waals surface area contributed by atoms with E-state index in [9.17, 15) is 4.79 Å². The number of nitrogens with zero attached hydrogens (tertiary/aromatic N) is 1. The first kappa shape index (κ1) is 10.1. The summed E-state index contributed by atoms with van der Waals surface area (Å²) >= 11 is 11.7. The van der Waals surface area contributed by atoms with Gasteiger partial charge in [-0.25, -0.2) is 0 Å². The molecule has 1 aliphatic carbocycles. The highest BCUT2D eigenvalue weighted by molar-refractivity contribution is 6.53. The van der Waals surface area contributed by atoms with Gasteiger partial charge in [0, 0.05) is 13.6 Å². The third-order valence-electron chi connectivity index (χ3n) is 2.55. The Hall–Kier alpha value is 0.0500. The van der Waals surface area contributed by atoms with E-state index in [4.69, 9.17) is 23.2 Å². The van der Waals surface area contributed by atoms with Gasteiger partial charge in [-0.1, -0.05) is 0 Å². The second-order valence-corrected chi connectivity index (χ2v) is 5.02. The first-order chi connectivity index (χ1) is 5.35. The minimum absolute atomic E-state index is 0.0370. The molecule has 1 atom stereocenters. The number of hydrogen-bond donors (Lipinski definition) is 0. The van der Waals surface area contributed by atoms with Crippen LogP contribution in [0.5, 0.6) is 0 Å². The number of amides is 1. The van der Waals surface area contributed by atoms with Gasteiger partial charge in [-0.05, 0) is 20.3 Å². The average Bonchev–Trinajstić information content (AvgIpc) is 2.50. The molecule has 1 unspecified atom stereocenters. The Labute approximate surface area is 82.8 Å². The van der Waals surface area contributed by atoms with Crippen molar-refractivity contribution >= 4 is 29.1 Å². The van der Waals surface area contributed by atoms with Crippen LogP contribution < -0.4 is 0 Å². The molecule has 1 aliphatic rings. The van der Waals surface area contributed by atoms with Crippen molar-refractivity contribution in [1.29, 1.82) is 0 Å². The topological polar surface area (TPSA) is 20.3 Å². The third-order valence-corrected chi connectivity index (χ3v) is 3.65. The first-order valence-electron chi connectivity index (χ1n) is 3.98. The molecule has 1 amide bonds. The molecule has 0 bridgehead atoms. The van der Waals surface area contributed by atoms with Crippen molar-refractivity contribution in [2.75, 3.05) is 13.6 Å². The first-order valence-corrected chi connectivity index (χ1v) is 4.74. The van der Waals surface area contributed by atoms with Gasteiger partial charge in [0.05, 0.1) is 5.41 Å². The minimum Gasteiger partial charge on any atom is -0.345 e. The highest BCUT2D eigenvalue weighted by atomic mass is 35.5. The van der Waals surface area contributed by atoms with Gasteiger partial charge in [0.2, 0.25) is 5.91 Å². The zero-order valence-electron chi connectivity index (χ0n) is 7.53. The molecule has 0 saturated heterocycles. The van der Waals surface area contributed by atoms with Crippen LogP contribution in [0.4, 0.5) is 0 Å². The van der Waals surface area contributed by atoms with Gasteiger partial charge in [0.1, 0.15) is 4.33 Å². The Morgan fingerprint density at radius 2 is 2.00 bits per heavy atom. The predicted octanol–water partition coefficient (Wildman–Crippen LogP) is 2.05. The van der Waals surface area contributed by atoms with Crippen molar-refractivity contribution in [3.05, 3.63) is 0 Å². The number of carbonyl (C=O) groups is 1. The Morgan fingerprint density at radius 3 is 2.25 bits per heavy atom. The van der Waals surface area contributed by atoms with E-state index in [2.05, 4.69) is 0 Å². The van der Waals surface area contributed by atoms with E-state index in [1.807, 2.05) is 13.8 Å². The molecule has 4 heteroatoms. The molecule has 1 rings (SSSR count). The molecule has 0 heterocycles. The summed E-state index contributed by atoms with van der Waals surface area (Å²) in [4.78, 5) is 13.3. The summed E-state index contributed by atoms with van der Waals surface area (Å²) in [5.74, 6) is 0.0370. The lowest BCUT2D eigenvalue weighted by Crippen LogP contribution is -2.34. The highest BCUT2D eigenvalue weighted by Gasteiger charge is 2.68. The Bertz CT molecular complexity index is 217. The lowest BCUT2D eigenvalue weighted by molar-refractivity contribution is -0.134. The lowest BCUT2D eigenvalue weighted by Gasteiger charge is -2.20. The number of alkyl halides is 2. The Morgan fingerprint density at radius 1 is 1.58 bits per heavy atom. The minimum atomic E-state index is -0.840. The molecule has 0 radical (unpaired) electrons. The fourth-order valence-electron chi connectivity index (χ4n) is 1.20. The summed E-state index contributed by atoms with van der Waals surface area (Å²) in [6.07, 6.45) is 0.562. The van der Waals surface area contributed by atoms with Crippen molar-refractivity contribution in [3.8, 4) is 0 Å². The van der Waals surface area contributed by atoms with E-state index in [-0.39, 0.29) is 5.91 Å². The summed E-state index contributed by atoms with van der Waals surface area (Å²) in [5.41, 5.74) is -0.555. The maximum absolute atomic E-state index is 11.6. The summed E-state index contributed by atoms with van der Waals surface area (Å²) in [6, 6.07) is 0. The fraction of sp³-hybridized carbons (Fsp3) is 0.875. The Kier molecular flexibility index (Phi) is 2.34. The van der Waals surface area contributed by atoms with Crippen molar-refractivity contribution in [2.24, 2.45) is 5.41 Å². The molecule has 70 valence electrons. The van der Waals surface area contributed by atoms with Crippen LogP contribution in [0.3, 0.4) is 0 Å². The van der Waals surface area contributed by atoms with Gasteiger partial charge < -0.3 is 4.90 Å². The van der Waals surface area contributed by atoms with Crippen LogP contribution in [0.25, 0.3) is 0 Å². The maximum atomic E-state index is 11.6. The summed E-state index contributed by atoms with van der Waals surface area (Å²) < 4.78 is -0.840. The lowest BCUT2D eigenvalue weighted by atomic mass is 10.1. The smallest absolute Gasteiger partial charge is 0.231 e. The van der Waals surface area contributed by atoms with E-state index < -0.39 is 9.75 Å². The second-order valence-electron chi connectivity index (χ2n) is 3.53. The van der Waals surface area contributed by atoms with Crippen LogP contribution in [0, 0.1) is 5.41 Å². The molecule has 0 aromatic rings. The van der Waals surface area contributed by atoms with Crippen LogP contribution in [-0.2, 0) is 4.79 Å². The van der Waals surface area contributed by atoms with Gasteiger partial charge in [0.25, 0.3) is 0 Å². The van der Waals surface area contributed by atoms with Crippen molar-refractivity contribution in [1.82, 2.24) is 4.90 Å². The second kappa shape index (κ2) is 2.78. The van der Waals surface area contributed by atoms with Crippen molar-refractivity contribution in [3.63, 3.8) is 0 Å². The largest absolute Gasteiger partial charge is 0.345 e. The van der Waals surface area contributed by atoms with Crippen LogP contribution in [0.1, 0.15) is 20.3 Å². The van der Waals surface area contributed by atoms with Gasteiger partial charge in [-0.3, -0.25) is 4.79 Å². The predicted molar refractivity (Wildman–Crippen MR) is 50.5 cm³/mol. The molecule has 0 aromatic carbocycles. The zero-order chi connectivity index (χ0) is 9.57.